The maximum Gasteiger partial charge on any atom is 0.338 e. The first-order valence-corrected chi connectivity index (χ1v) is 14.0. The highest BCUT2D eigenvalue weighted by Crippen LogP contribution is 2.47. The highest BCUT2D eigenvalue weighted by atomic mass is 16.6. The Hall–Kier alpha value is -3.58. The Morgan fingerprint density at radius 3 is 1.64 bits per heavy atom. The molecule has 3 saturated heterocycles. The van der Waals surface area contributed by atoms with Gasteiger partial charge in [0.05, 0.1) is 57.9 Å². The molecule has 2 aromatic carbocycles. The molecule has 0 aromatic heterocycles. The lowest BCUT2D eigenvalue weighted by Gasteiger charge is -2.21. The van der Waals surface area contributed by atoms with Gasteiger partial charge in [-0.25, -0.2) is 9.59 Å². The number of ether oxygens (including phenoxy) is 9. The normalized spacial score (nSPS) is 24.8. The third-order valence-corrected chi connectivity index (χ3v) is 7.35. The van der Waals surface area contributed by atoms with Crippen LogP contribution in [0.2, 0.25) is 0 Å². The maximum absolute atomic E-state index is 13.2. The van der Waals surface area contributed by atoms with Crippen molar-refractivity contribution >= 4 is 11.9 Å². The van der Waals surface area contributed by atoms with Crippen LogP contribution in [-0.2, 0) is 23.7 Å². The van der Waals surface area contributed by atoms with Crippen molar-refractivity contribution in [2.75, 3.05) is 60.5 Å². The minimum absolute atomic E-state index is 0.0608. The average molecular weight is 587 g/mol. The highest BCUT2D eigenvalue weighted by molar-refractivity contribution is 5.97. The average Bonchev–Trinajstić information content (AvgIpc) is 3.79. The summed E-state index contributed by atoms with van der Waals surface area (Å²) in [4.78, 5) is 26.2. The van der Waals surface area contributed by atoms with E-state index in [2.05, 4.69) is 0 Å². The molecule has 5 unspecified atom stereocenters. The third kappa shape index (κ3) is 7.06. The van der Waals surface area contributed by atoms with Crippen molar-refractivity contribution in [1.82, 2.24) is 0 Å². The van der Waals surface area contributed by atoms with Crippen LogP contribution >= 0.6 is 0 Å². The van der Waals surface area contributed by atoms with Crippen LogP contribution in [0.1, 0.15) is 33.6 Å². The Bertz CT molecular complexity index is 1310. The predicted molar refractivity (Wildman–Crippen MR) is 144 cm³/mol. The fourth-order valence-electron chi connectivity index (χ4n) is 4.47. The molecular weight excluding hydrogens is 552 g/mol. The molecule has 1 aliphatic carbocycles. The molecule has 42 heavy (non-hydrogen) atoms. The summed E-state index contributed by atoms with van der Waals surface area (Å²) in [6.07, 6.45) is 0.745. The molecule has 4 aliphatic rings. The Morgan fingerprint density at radius 2 is 1.21 bits per heavy atom. The topological polar surface area (TPSA) is 147 Å². The minimum atomic E-state index is -0.569. The molecule has 1 N–H and O–H groups in total. The quantitative estimate of drug-likeness (QED) is 0.228. The smallest absolute Gasteiger partial charge is 0.338 e. The van der Waals surface area contributed by atoms with Crippen molar-refractivity contribution in [1.29, 1.82) is 0 Å². The number of aliphatic hydroxyl groups excluding tert-OH is 1. The van der Waals surface area contributed by atoms with E-state index >= 15 is 0 Å². The number of hydrogen-bond acceptors (Lipinski definition) is 12. The Balaban J connectivity index is 1.39. The van der Waals surface area contributed by atoms with E-state index in [9.17, 15) is 14.7 Å². The third-order valence-electron chi connectivity index (χ3n) is 7.35. The molecule has 5 atom stereocenters. The lowest BCUT2D eigenvalue weighted by Crippen LogP contribution is -2.13. The first-order chi connectivity index (χ1) is 20.4. The van der Waals surface area contributed by atoms with Gasteiger partial charge in [-0.3, -0.25) is 0 Å². The molecule has 226 valence electrons. The molecule has 3 aliphatic heterocycles. The maximum atomic E-state index is 13.2. The van der Waals surface area contributed by atoms with Gasteiger partial charge in [-0.2, -0.15) is 0 Å². The van der Waals surface area contributed by atoms with Crippen LogP contribution in [0, 0.1) is 5.92 Å². The number of epoxide rings is 3. The largest absolute Gasteiger partial charge is 0.493 e. The van der Waals surface area contributed by atoms with E-state index in [1.165, 1.54) is 14.2 Å². The molecule has 12 nitrogen and oxygen atoms in total. The Morgan fingerprint density at radius 1 is 0.762 bits per heavy atom. The summed E-state index contributed by atoms with van der Waals surface area (Å²) in [7, 11) is 2.94. The molecule has 0 spiro atoms. The van der Waals surface area contributed by atoms with Crippen LogP contribution in [0.15, 0.2) is 24.3 Å². The molecule has 2 aromatic rings. The fourth-order valence-corrected chi connectivity index (χ4v) is 4.47. The molecule has 6 rings (SSSR count). The number of carbonyl (C=O) groups is 2. The van der Waals surface area contributed by atoms with Gasteiger partial charge in [-0.05, 0) is 43.0 Å². The van der Waals surface area contributed by atoms with Crippen LogP contribution in [0.3, 0.4) is 0 Å². The minimum Gasteiger partial charge on any atom is -0.493 e. The summed E-state index contributed by atoms with van der Waals surface area (Å²) in [5.41, 5.74) is 1.27. The van der Waals surface area contributed by atoms with Crippen LogP contribution in [0.4, 0.5) is 0 Å². The van der Waals surface area contributed by atoms with Crippen LogP contribution in [0.5, 0.6) is 23.0 Å². The predicted octanol–water partition coefficient (Wildman–Crippen LogP) is 2.41. The van der Waals surface area contributed by atoms with Crippen molar-refractivity contribution in [2.45, 2.75) is 37.3 Å². The van der Waals surface area contributed by atoms with Crippen molar-refractivity contribution in [3.63, 3.8) is 0 Å². The van der Waals surface area contributed by atoms with Gasteiger partial charge in [0.15, 0.2) is 23.0 Å². The summed E-state index contributed by atoms with van der Waals surface area (Å²) in [6, 6.07) is 6.32. The summed E-state index contributed by atoms with van der Waals surface area (Å²) < 4.78 is 50.5. The number of esters is 2. The summed E-state index contributed by atoms with van der Waals surface area (Å²) >= 11 is 0. The van der Waals surface area contributed by atoms with Gasteiger partial charge >= 0.3 is 11.9 Å². The van der Waals surface area contributed by atoms with Gasteiger partial charge in [0.25, 0.3) is 0 Å². The van der Waals surface area contributed by atoms with Crippen molar-refractivity contribution in [3.05, 3.63) is 35.4 Å². The molecule has 0 radical (unpaired) electrons. The summed E-state index contributed by atoms with van der Waals surface area (Å²) in [6.45, 7) is 2.52. The van der Waals surface area contributed by atoms with Crippen molar-refractivity contribution < 1.29 is 57.3 Å². The number of benzene rings is 2. The van der Waals surface area contributed by atoms with Crippen LogP contribution in [0.25, 0.3) is 11.1 Å². The molecule has 4 fully saturated rings. The second kappa shape index (κ2) is 12.3. The second-order valence-corrected chi connectivity index (χ2v) is 10.7. The standard InChI is InChI=1S/C30H34O12/c1-34-25-8-17(29(32)36-4-3-16-7-24(16)31)5-22(27(25)40-13-19-10-37-19)23-6-18(30(33)42-15-21-12-39-21)9-26(35-2)28(23)41-14-20-11-38-20/h5-6,8-9,16,19-21,24,31H,3-4,7,10-15H2,1-2H3. The number of methoxy groups -OCH3 is 2. The van der Waals surface area contributed by atoms with Crippen LogP contribution < -0.4 is 18.9 Å². The van der Waals surface area contributed by atoms with E-state index in [1.807, 2.05) is 0 Å². The Kier molecular flexibility index (Phi) is 8.38. The molecule has 3 heterocycles. The van der Waals surface area contributed by atoms with E-state index in [1.54, 1.807) is 24.3 Å². The first kappa shape index (κ1) is 28.5. The number of aliphatic hydroxyl groups is 1. The summed E-state index contributed by atoms with van der Waals surface area (Å²) in [5, 5.41) is 9.59. The van der Waals surface area contributed by atoms with Gasteiger partial charge in [0.1, 0.15) is 38.1 Å². The van der Waals surface area contributed by atoms with E-state index in [-0.39, 0.29) is 79.4 Å². The lowest BCUT2D eigenvalue weighted by molar-refractivity contribution is 0.0472. The van der Waals surface area contributed by atoms with Crippen molar-refractivity contribution in [3.8, 4) is 34.1 Å². The second-order valence-electron chi connectivity index (χ2n) is 10.7. The zero-order valence-corrected chi connectivity index (χ0v) is 23.5. The van der Waals surface area contributed by atoms with Gasteiger partial charge in [0, 0.05) is 11.1 Å². The summed E-state index contributed by atoms with van der Waals surface area (Å²) in [5.74, 6) is 0.250. The molecule has 12 heteroatoms. The van der Waals surface area contributed by atoms with Gasteiger partial charge < -0.3 is 47.7 Å². The molecule has 0 bridgehead atoms. The number of carbonyl (C=O) groups excluding carboxylic acids is 2. The highest BCUT2D eigenvalue weighted by Gasteiger charge is 2.35. The fraction of sp³-hybridized carbons (Fsp3) is 0.533. The van der Waals surface area contributed by atoms with E-state index in [4.69, 9.17) is 42.6 Å². The van der Waals surface area contributed by atoms with E-state index in [0.29, 0.717) is 48.9 Å². The number of rotatable bonds is 16. The van der Waals surface area contributed by atoms with E-state index in [0.717, 1.165) is 6.42 Å². The van der Waals surface area contributed by atoms with E-state index < -0.39 is 11.9 Å². The molecule has 1 saturated carbocycles. The number of hydrogen-bond donors (Lipinski definition) is 1. The molecule has 0 amide bonds. The molecular formula is C30H34O12. The van der Waals surface area contributed by atoms with Crippen LogP contribution in [-0.4, -0.2) is 102 Å². The van der Waals surface area contributed by atoms with Gasteiger partial charge in [0.2, 0.25) is 0 Å². The van der Waals surface area contributed by atoms with Gasteiger partial charge in [-0.1, -0.05) is 0 Å². The lowest BCUT2D eigenvalue weighted by atomic mass is 9.97. The van der Waals surface area contributed by atoms with Crippen molar-refractivity contribution in [2.24, 2.45) is 5.92 Å². The van der Waals surface area contributed by atoms with Gasteiger partial charge in [-0.15, -0.1) is 0 Å². The Labute approximate surface area is 242 Å². The first-order valence-electron chi connectivity index (χ1n) is 14.0. The zero-order valence-electron chi connectivity index (χ0n) is 23.5. The SMILES string of the molecule is COc1cc(C(=O)OCCC2CC2O)cc(-c2cc(C(=O)OCC3CO3)cc(OC)c2OCC2CO2)c1OCC1CO1. The zero-order chi connectivity index (χ0) is 29.2. The monoisotopic (exact) mass is 586 g/mol.